The van der Waals surface area contributed by atoms with Crippen LogP contribution in [-0.4, -0.2) is 37.0 Å². The van der Waals surface area contributed by atoms with Crippen LogP contribution in [0.2, 0.25) is 0 Å². The van der Waals surface area contributed by atoms with Crippen molar-refractivity contribution >= 4 is 18.3 Å². The van der Waals surface area contributed by atoms with E-state index < -0.39 is 0 Å². The zero-order chi connectivity index (χ0) is 13.9. The lowest BCUT2D eigenvalue weighted by atomic mass is 10.0. The third-order valence-corrected chi connectivity index (χ3v) is 4.64. The van der Waals surface area contributed by atoms with Gasteiger partial charge in [0.15, 0.2) is 0 Å². The van der Waals surface area contributed by atoms with Gasteiger partial charge in [0.2, 0.25) is 5.91 Å². The van der Waals surface area contributed by atoms with Crippen LogP contribution in [0, 0.1) is 0 Å². The molecule has 2 aliphatic rings. The molecular weight excluding hydrogens is 284 g/mol. The molecule has 1 amide bonds. The van der Waals surface area contributed by atoms with Crippen LogP contribution in [0.5, 0.6) is 0 Å². The molecule has 0 unspecified atom stereocenters. The van der Waals surface area contributed by atoms with E-state index in [0.717, 1.165) is 37.4 Å². The summed E-state index contributed by atoms with van der Waals surface area (Å²) in [7, 11) is 2.00. The number of hydrogen-bond acceptors (Lipinski definition) is 2. The molecule has 1 saturated carbocycles. The smallest absolute Gasteiger partial charge is 0.226 e. The lowest BCUT2D eigenvalue weighted by Crippen LogP contribution is -2.44. The number of carbonyl (C=O) groups is 1. The van der Waals surface area contributed by atoms with E-state index >= 15 is 0 Å². The second kappa shape index (κ2) is 7.28. The van der Waals surface area contributed by atoms with Gasteiger partial charge >= 0.3 is 0 Å². The molecular formula is C17H25ClN2O. The Labute approximate surface area is 133 Å². The molecule has 2 fully saturated rings. The molecule has 3 nitrogen and oxygen atoms in total. The van der Waals surface area contributed by atoms with Crippen molar-refractivity contribution < 1.29 is 4.79 Å². The van der Waals surface area contributed by atoms with E-state index in [4.69, 9.17) is 0 Å². The fraction of sp³-hybridized carbons (Fsp3) is 0.588. The van der Waals surface area contributed by atoms with Crippen molar-refractivity contribution in [2.45, 2.75) is 44.1 Å². The van der Waals surface area contributed by atoms with Gasteiger partial charge in [0.25, 0.3) is 0 Å². The monoisotopic (exact) mass is 308 g/mol. The summed E-state index contributed by atoms with van der Waals surface area (Å²) in [5.41, 5.74) is 2.59. The van der Waals surface area contributed by atoms with Crippen LogP contribution in [0.15, 0.2) is 24.3 Å². The molecule has 1 heterocycles. The maximum atomic E-state index is 12.3. The Balaban J connectivity index is 0.00000161. The number of carbonyl (C=O) groups excluding carboxylic acids is 1. The molecule has 4 heteroatoms. The van der Waals surface area contributed by atoms with Gasteiger partial charge in [-0.15, -0.1) is 12.4 Å². The first-order chi connectivity index (χ1) is 9.76. The summed E-state index contributed by atoms with van der Waals surface area (Å²) in [5.74, 6) is 1.07. The van der Waals surface area contributed by atoms with Crippen molar-refractivity contribution in [3.05, 3.63) is 35.4 Å². The van der Waals surface area contributed by atoms with Gasteiger partial charge in [0, 0.05) is 19.1 Å². The second-order valence-electron chi connectivity index (χ2n) is 6.14. The van der Waals surface area contributed by atoms with Crippen molar-refractivity contribution in [1.29, 1.82) is 0 Å². The number of halogens is 1. The Bertz CT molecular complexity index is 462. The van der Waals surface area contributed by atoms with Gasteiger partial charge in [0.1, 0.15) is 0 Å². The van der Waals surface area contributed by atoms with Crippen molar-refractivity contribution in [1.82, 2.24) is 10.2 Å². The van der Waals surface area contributed by atoms with Gasteiger partial charge in [-0.05, 0) is 49.8 Å². The van der Waals surface area contributed by atoms with E-state index in [9.17, 15) is 4.79 Å². The van der Waals surface area contributed by atoms with E-state index in [-0.39, 0.29) is 18.3 Å². The van der Waals surface area contributed by atoms with Gasteiger partial charge in [-0.25, -0.2) is 0 Å². The Morgan fingerprint density at radius 3 is 2.29 bits per heavy atom. The standard InChI is InChI=1S/C17H24N2O.ClH/c1-18-16-8-10-19(11-9-16)17(20)12-13-2-4-14(5-3-13)15-6-7-15;/h2-5,15-16,18H,6-12H2,1H3;1H. The Morgan fingerprint density at radius 2 is 1.76 bits per heavy atom. The molecule has 1 aliphatic carbocycles. The molecule has 1 aromatic carbocycles. The predicted molar refractivity (Wildman–Crippen MR) is 88.0 cm³/mol. The number of likely N-dealkylation sites (tertiary alicyclic amines) is 1. The minimum absolute atomic E-state index is 0. The highest BCUT2D eigenvalue weighted by molar-refractivity contribution is 5.85. The summed E-state index contributed by atoms with van der Waals surface area (Å²) >= 11 is 0. The number of nitrogens with zero attached hydrogens (tertiary/aromatic N) is 1. The van der Waals surface area contributed by atoms with Gasteiger partial charge < -0.3 is 10.2 Å². The third-order valence-electron chi connectivity index (χ3n) is 4.64. The summed E-state index contributed by atoms with van der Waals surface area (Å²) in [6.45, 7) is 1.79. The molecule has 116 valence electrons. The number of nitrogens with one attached hydrogen (secondary N) is 1. The van der Waals surface area contributed by atoms with Gasteiger partial charge in [-0.1, -0.05) is 24.3 Å². The zero-order valence-corrected chi connectivity index (χ0v) is 13.5. The summed E-state index contributed by atoms with van der Waals surface area (Å²) < 4.78 is 0. The fourth-order valence-electron chi connectivity index (χ4n) is 3.03. The van der Waals surface area contributed by atoms with E-state index in [1.165, 1.54) is 18.4 Å². The van der Waals surface area contributed by atoms with E-state index in [2.05, 4.69) is 29.6 Å². The third kappa shape index (κ3) is 4.21. The molecule has 1 aliphatic heterocycles. The fourth-order valence-corrected chi connectivity index (χ4v) is 3.03. The van der Waals surface area contributed by atoms with Gasteiger partial charge in [-0.3, -0.25) is 4.79 Å². The zero-order valence-electron chi connectivity index (χ0n) is 12.7. The summed E-state index contributed by atoms with van der Waals surface area (Å²) in [6.07, 6.45) is 5.36. The van der Waals surface area contributed by atoms with E-state index in [0.29, 0.717) is 12.5 Å². The summed E-state index contributed by atoms with van der Waals surface area (Å²) in [4.78, 5) is 14.3. The summed E-state index contributed by atoms with van der Waals surface area (Å²) in [5, 5.41) is 3.30. The van der Waals surface area contributed by atoms with Gasteiger partial charge in [-0.2, -0.15) is 0 Å². The molecule has 0 radical (unpaired) electrons. The first-order valence-corrected chi connectivity index (χ1v) is 7.80. The molecule has 0 aromatic heterocycles. The first-order valence-electron chi connectivity index (χ1n) is 7.80. The van der Waals surface area contributed by atoms with E-state index in [1.54, 1.807) is 0 Å². The average molecular weight is 309 g/mol. The minimum Gasteiger partial charge on any atom is -0.342 e. The maximum absolute atomic E-state index is 12.3. The largest absolute Gasteiger partial charge is 0.342 e. The highest BCUT2D eigenvalue weighted by Gasteiger charge is 2.24. The van der Waals surface area contributed by atoms with Crippen molar-refractivity contribution in [2.24, 2.45) is 0 Å². The number of benzene rings is 1. The molecule has 1 aromatic rings. The lowest BCUT2D eigenvalue weighted by Gasteiger charge is -2.31. The Hall–Kier alpha value is -1.06. The topological polar surface area (TPSA) is 32.3 Å². The van der Waals surface area contributed by atoms with Crippen LogP contribution in [-0.2, 0) is 11.2 Å². The van der Waals surface area contributed by atoms with Crippen LogP contribution < -0.4 is 5.32 Å². The van der Waals surface area contributed by atoms with Crippen molar-refractivity contribution in [3.63, 3.8) is 0 Å². The van der Waals surface area contributed by atoms with Gasteiger partial charge in [0.05, 0.1) is 6.42 Å². The minimum atomic E-state index is 0. The molecule has 1 N–H and O–H groups in total. The maximum Gasteiger partial charge on any atom is 0.226 e. The van der Waals surface area contributed by atoms with Crippen LogP contribution in [0.1, 0.15) is 42.7 Å². The highest BCUT2D eigenvalue weighted by Crippen LogP contribution is 2.39. The average Bonchev–Trinajstić information content (AvgIpc) is 3.33. The number of hydrogen-bond donors (Lipinski definition) is 1. The highest BCUT2D eigenvalue weighted by atomic mass is 35.5. The summed E-state index contributed by atoms with van der Waals surface area (Å²) in [6, 6.07) is 9.25. The first kappa shape index (κ1) is 16.3. The van der Waals surface area contributed by atoms with E-state index in [1.807, 2.05) is 11.9 Å². The number of rotatable bonds is 4. The molecule has 0 spiro atoms. The SMILES string of the molecule is CNC1CCN(C(=O)Cc2ccc(C3CC3)cc2)CC1.Cl. The predicted octanol–water partition coefficient (Wildman–Crippen LogP) is 2.74. The second-order valence-corrected chi connectivity index (χ2v) is 6.14. The molecule has 1 saturated heterocycles. The Morgan fingerprint density at radius 1 is 1.14 bits per heavy atom. The van der Waals surface area contributed by atoms with Crippen molar-refractivity contribution in [2.75, 3.05) is 20.1 Å². The molecule has 0 bridgehead atoms. The van der Waals surface area contributed by atoms with Crippen LogP contribution in [0.4, 0.5) is 0 Å². The number of amides is 1. The van der Waals surface area contributed by atoms with Crippen LogP contribution in [0.25, 0.3) is 0 Å². The van der Waals surface area contributed by atoms with Crippen LogP contribution in [0.3, 0.4) is 0 Å². The van der Waals surface area contributed by atoms with Crippen molar-refractivity contribution in [3.8, 4) is 0 Å². The Kier molecular flexibility index (Phi) is 5.65. The molecule has 3 rings (SSSR count). The molecule has 21 heavy (non-hydrogen) atoms. The lowest BCUT2D eigenvalue weighted by molar-refractivity contribution is -0.131. The van der Waals surface area contributed by atoms with Crippen LogP contribution >= 0.6 is 12.4 Å². The normalized spacial score (nSPS) is 19.2. The quantitative estimate of drug-likeness (QED) is 0.927. The molecule has 0 atom stereocenters. The number of piperidine rings is 1.